The van der Waals surface area contributed by atoms with Crippen molar-refractivity contribution >= 4 is 5.91 Å². The van der Waals surface area contributed by atoms with Gasteiger partial charge in [-0.3, -0.25) is 4.79 Å². The molecule has 1 aliphatic rings. The number of nitrogens with two attached hydrogens (primary N) is 1. The fourth-order valence-corrected chi connectivity index (χ4v) is 1.25. The summed E-state index contributed by atoms with van der Waals surface area (Å²) in [7, 11) is 0. The molecule has 0 saturated heterocycles. The highest BCUT2D eigenvalue weighted by Crippen LogP contribution is 2.42. The van der Waals surface area contributed by atoms with Gasteiger partial charge in [-0.2, -0.15) is 26.3 Å². The molecule has 0 spiro atoms. The zero-order chi connectivity index (χ0) is 12.7. The van der Waals surface area contributed by atoms with Gasteiger partial charge in [0.1, 0.15) is 5.92 Å². The molecule has 0 radical (unpaired) electrons. The molecule has 0 aromatic heterocycles. The second kappa shape index (κ2) is 3.53. The number of rotatable bonds is 1. The Hall–Kier alpha value is -1.47. The minimum absolute atomic E-state index is 0.0555. The van der Waals surface area contributed by atoms with Crippen molar-refractivity contribution in [2.24, 2.45) is 11.7 Å². The van der Waals surface area contributed by atoms with E-state index < -0.39 is 35.3 Å². The summed E-state index contributed by atoms with van der Waals surface area (Å²) in [6, 6.07) is 0. The van der Waals surface area contributed by atoms with Gasteiger partial charge in [0.05, 0.1) is 5.57 Å². The van der Waals surface area contributed by atoms with Crippen LogP contribution in [0.4, 0.5) is 26.3 Å². The number of hydrogen-bond donors (Lipinski definition) is 1. The van der Waals surface area contributed by atoms with Crippen LogP contribution in [0, 0.1) is 5.92 Å². The Balaban J connectivity index is 3.17. The van der Waals surface area contributed by atoms with Crippen molar-refractivity contribution in [1.82, 2.24) is 0 Å². The molecule has 0 aromatic carbocycles. The van der Waals surface area contributed by atoms with Crippen molar-refractivity contribution in [1.29, 1.82) is 0 Å². The molecule has 1 unspecified atom stereocenters. The Morgan fingerprint density at radius 3 is 1.94 bits per heavy atom. The molecule has 1 rings (SSSR count). The molecule has 0 heterocycles. The first-order valence-corrected chi connectivity index (χ1v) is 3.90. The number of primary amides is 1. The minimum atomic E-state index is -4.96. The van der Waals surface area contributed by atoms with Gasteiger partial charge < -0.3 is 5.73 Å². The third kappa shape index (κ3) is 2.37. The topological polar surface area (TPSA) is 43.1 Å². The Bertz CT molecular complexity index is 375. The van der Waals surface area contributed by atoms with Crippen molar-refractivity contribution in [2.45, 2.75) is 12.4 Å². The van der Waals surface area contributed by atoms with Gasteiger partial charge in [-0.15, -0.1) is 0 Å². The molecule has 2 N–H and O–H groups in total. The maximum absolute atomic E-state index is 12.3. The number of carbonyl (C=O) groups excluding carboxylic acids is 1. The average Bonchev–Trinajstić information content (AvgIpc) is 2.44. The summed E-state index contributed by atoms with van der Waals surface area (Å²) in [6.45, 7) is 0. The first-order chi connectivity index (χ1) is 7.03. The zero-order valence-electron chi connectivity index (χ0n) is 7.49. The van der Waals surface area contributed by atoms with Crippen molar-refractivity contribution in [3.05, 3.63) is 23.3 Å². The molecular formula is C8H5F6NO. The first kappa shape index (κ1) is 12.6. The average molecular weight is 245 g/mol. The largest absolute Gasteiger partial charge is 0.416 e. The summed E-state index contributed by atoms with van der Waals surface area (Å²) in [6.07, 6.45) is -9.82. The Labute approximate surface area is 85.4 Å². The van der Waals surface area contributed by atoms with E-state index in [-0.39, 0.29) is 12.2 Å². The molecule has 0 saturated carbocycles. The van der Waals surface area contributed by atoms with Gasteiger partial charge in [0.2, 0.25) is 5.91 Å². The van der Waals surface area contributed by atoms with Crippen molar-refractivity contribution in [3.8, 4) is 0 Å². The van der Waals surface area contributed by atoms with Gasteiger partial charge >= 0.3 is 12.4 Å². The molecule has 90 valence electrons. The van der Waals surface area contributed by atoms with Gasteiger partial charge in [0, 0.05) is 5.57 Å². The van der Waals surface area contributed by atoms with Crippen LogP contribution in [0.2, 0.25) is 0 Å². The van der Waals surface area contributed by atoms with Crippen molar-refractivity contribution < 1.29 is 31.1 Å². The lowest BCUT2D eigenvalue weighted by molar-refractivity contribution is -0.154. The summed E-state index contributed by atoms with van der Waals surface area (Å²) < 4.78 is 73.2. The molecule has 0 fully saturated rings. The van der Waals surface area contributed by atoms with Crippen molar-refractivity contribution in [2.75, 3.05) is 0 Å². The third-order valence-electron chi connectivity index (χ3n) is 1.96. The van der Waals surface area contributed by atoms with Crippen LogP contribution < -0.4 is 5.73 Å². The second-order valence-electron chi connectivity index (χ2n) is 3.10. The lowest BCUT2D eigenvalue weighted by Gasteiger charge is -2.14. The summed E-state index contributed by atoms with van der Waals surface area (Å²) in [5, 5.41) is 0. The number of halogens is 6. The standard InChI is InChI=1S/C8H5F6NO/c9-7(10,11)3-1-4(6(15)16)5(2-3)8(12,13)14/h1-2,5H,(H2,15,16). The zero-order valence-corrected chi connectivity index (χ0v) is 7.49. The highest BCUT2D eigenvalue weighted by atomic mass is 19.4. The summed E-state index contributed by atoms with van der Waals surface area (Å²) in [5.41, 5.74) is 1.97. The molecule has 0 aromatic rings. The van der Waals surface area contributed by atoms with Crippen LogP contribution in [0.3, 0.4) is 0 Å². The normalized spacial score (nSPS) is 21.8. The molecular weight excluding hydrogens is 240 g/mol. The molecule has 0 bridgehead atoms. The lowest BCUT2D eigenvalue weighted by Crippen LogP contribution is -2.28. The summed E-state index contributed by atoms with van der Waals surface area (Å²) in [5.74, 6) is -4.10. The number of alkyl halides is 6. The maximum Gasteiger partial charge on any atom is 0.416 e. The fraction of sp³-hybridized carbons (Fsp3) is 0.375. The predicted octanol–water partition coefficient (Wildman–Crippen LogP) is 2.08. The lowest BCUT2D eigenvalue weighted by atomic mass is 10.0. The van der Waals surface area contributed by atoms with Gasteiger partial charge in [0.25, 0.3) is 0 Å². The van der Waals surface area contributed by atoms with E-state index in [0.717, 1.165) is 0 Å². The van der Waals surface area contributed by atoms with Gasteiger partial charge in [-0.25, -0.2) is 0 Å². The summed E-state index contributed by atoms with van der Waals surface area (Å²) >= 11 is 0. The van der Waals surface area contributed by atoms with E-state index in [1.165, 1.54) is 0 Å². The Kier molecular flexibility index (Phi) is 2.78. The van der Waals surface area contributed by atoms with E-state index >= 15 is 0 Å². The molecule has 8 heteroatoms. The SMILES string of the molecule is NC(=O)C1=CC(C(F)(F)F)=CC1C(F)(F)F. The molecule has 0 aliphatic heterocycles. The van der Waals surface area contributed by atoms with E-state index in [9.17, 15) is 31.1 Å². The van der Waals surface area contributed by atoms with E-state index in [0.29, 0.717) is 0 Å². The van der Waals surface area contributed by atoms with Crippen LogP contribution in [0.1, 0.15) is 0 Å². The Morgan fingerprint density at radius 2 is 1.69 bits per heavy atom. The smallest absolute Gasteiger partial charge is 0.366 e. The predicted molar refractivity (Wildman–Crippen MR) is 41.0 cm³/mol. The van der Waals surface area contributed by atoms with E-state index in [1.54, 1.807) is 0 Å². The summed E-state index contributed by atoms with van der Waals surface area (Å²) in [4.78, 5) is 10.6. The van der Waals surface area contributed by atoms with Crippen LogP contribution in [0.15, 0.2) is 23.3 Å². The van der Waals surface area contributed by atoms with Crippen LogP contribution in [0.5, 0.6) is 0 Å². The minimum Gasteiger partial charge on any atom is -0.366 e. The maximum atomic E-state index is 12.3. The van der Waals surface area contributed by atoms with Gasteiger partial charge in [-0.05, 0) is 6.08 Å². The number of allylic oxidation sites excluding steroid dienone is 3. The van der Waals surface area contributed by atoms with Crippen LogP contribution >= 0.6 is 0 Å². The number of amides is 1. The first-order valence-electron chi connectivity index (χ1n) is 3.90. The van der Waals surface area contributed by atoms with E-state index in [1.807, 2.05) is 0 Å². The quantitative estimate of drug-likeness (QED) is 0.706. The third-order valence-corrected chi connectivity index (χ3v) is 1.96. The van der Waals surface area contributed by atoms with Gasteiger partial charge in [0.15, 0.2) is 0 Å². The Morgan fingerprint density at radius 1 is 1.19 bits per heavy atom. The number of carbonyl (C=O) groups is 1. The van der Waals surface area contributed by atoms with Crippen molar-refractivity contribution in [3.63, 3.8) is 0 Å². The molecule has 1 aliphatic carbocycles. The number of hydrogen-bond acceptors (Lipinski definition) is 1. The van der Waals surface area contributed by atoms with E-state index in [4.69, 9.17) is 0 Å². The molecule has 1 atom stereocenters. The van der Waals surface area contributed by atoms with E-state index in [2.05, 4.69) is 5.73 Å². The second-order valence-corrected chi connectivity index (χ2v) is 3.10. The molecule has 2 nitrogen and oxygen atoms in total. The van der Waals surface area contributed by atoms with Crippen LogP contribution in [-0.2, 0) is 4.79 Å². The van der Waals surface area contributed by atoms with Crippen LogP contribution in [-0.4, -0.2) is 18.3 Å². The highest BCUT2D eigenvalue weighted by Gasteiger charge is 2.48. The fourth-order valence-electron chi connectivity index (χ4n) is 1.25. The monoisotopic (exact) mass is 245 g/mol. The van der Waals surface area contributed by atoms with Gasteiger partial charge in [-0.1, -0.05) is 6.08 Å². The highest BCUT2D eigenvalue weighted by molar-refractivity contribution is 5.94. The molecule has 16 heavy (non-hydrogen) atoms. The van der Waals surface area contributed by atoms with Crippen LogP contribution in [0.25, 0.3) is 0 Å². The molecule has 1 amide bonds.